The van der Waals surface area contributed by atoms with Gasteiger partial charge in [0.25, 0.3) is 5.91 Å². The fourth-order valence-corrected chi connectivity index (χ4v) is 3.42. The van der Waals surface area contributed by atoms with E-state index in [0.717, 1.165) is 12.8 Å². The molecule has 2 amide bonds. The van der Waals surface area contributed by atoms with E-state index in [-0.39, 0.29) is 17.2 Å². The molecule has 0 radical (unpaired) electrons. The molecule has 1 aliphatic rings. The molecule has 1 aliphatic carbocycles. The molecular formula is C21H32N2O2. The molecule has 0 spiro atoms. The minimum Gasteiger partial charge on any atom is -0.341 e. The lowest BCUT2D eigenvalue weighted by Crippen LogP contribution is -2.49. The fraction of sp³-hybridized carbons (Fsp3) is 0.619. The van der Waals surface area contributed by atoms with E-state index in [4.69, 9.17) is 0 Å². The second-order valence-electron chi connectivity index (χ2n) is 8.26. The van der Waals surface area contributed by atoms with Crippen LogP contribution in [-0.4, -0.2) is 35.8 Å². The van der Waals surface area contributed by atoms with Crippen molar-refractivity contribution in [1.82, 2.24) is 10.2 Å². The topological polar surface area (TPSA) is 49.4 Å². The summed E-state index contributed by atoms with van der Waals surface area (Å²) in [5.74, 6) is -0.204. The predicted octanol–water partition coefficient (Wildman–Crippen LogP) is 3.89. The van der Waals surface area contributed by atoms with Gasteiger partial charge in [-0.3, -0.25) is 9.59 Å². The molecule has 1 N–H and O–H groups in total. The van der Waals surface area contributed by atoms with Crippen LogP contribution in [0.5, 0.6) is 0 Å². The molecule has 25 heavy (non-hydrogen) atoms. The van der Waals surface area contributed by atoms with E-state index < -0.39 is 6.04 Å². The second-order valence-corrected chi connectivity index (χ2v) is 8.26. The van der Waals surface area contributed by atoms with Gasteiger partial charge >= 0.3 is 0 Å². The third kappa shape index (κ3) is 5.07. The summed E-state index contributed by atoms with van der Waals surface area (Å²) in [7, 11) is 1.86. The van der Waals surface area contributed by atoms with E-state index in [1.54, 1.807) is 6.92 Å². The molecule has 1 aromatic rings. The van der Waals surface area contributed by atoms with Crippen LogP contribution in [0.4, 0.5) is 0 Å². The van der Waals surface area contributed by atoms with Gasteiger partial charge in [0.2, 0.25) is 5.91 Å². The maximum Gasteiger partial charge on any atom is 0.251 e. The highest BCUT2D eigenvalue weighted by Gasteiger charge is 2.26. The summed E-state index contributed by atoms with van der Waals surface area (Å²) in [6.07, 6.45) is 5.76. The van der Waals surface area contributed by atoms with Gasteiger partial charge in [0.1, 0.15) is 6.04 Å². The average molecular weight is 344 g/mol. The molecule has 1 fully saturated rings. The molecule has 4 nitrogen and oxygen atoms in total. The molecule has 2 rings (SSSR count). The maximum atomic E-state index is 12.6. The lowest BCUT2D eigenvalue weighted by molar-refractivity contribution is -0.134. The van der Waals surface area contributed by atoms with Crippen molar-refractivity contribution in [2.75, 3.05) is 7.05 Å². The Labute approximate surface area is 152 Å². The summed E-state index contributed by atoms with van der Waals surface area (Å²) in [5.41, 5.74) is 1.83. The van der Waals surface area contributed by atoms with Gasteiger partial charge in [-0.05, 0) is 42.9 Å². The Balaban J connectivity index is 1.95. The summed E-state index contributed by atoms with van der Waals surface area (Å²) in [6, 6.07) is 7.43. The number of hydrogen-bond donors (Lipinski definition) is 1. The number of benzene rings is 1. The summed E-state index contributed by atoms with van der Waals surface area (Å²) in [6.45, 7) is 8.20. The summed E-state index contributed by atoms with van der Waals surface area (Å²) in [5, 5.41) is 2.84. The number of hydrogen-bond acceptors (Lipinski definition) is 2. The van der Waals surface area contributed by atoms with Gasteiger partial charge < -0.3 is 10.2 Å². The first-order valence-electron chi connectivity index (χ1n) is 9.38. The van der Waals surface area contributed by atoms with Crippen molar-refractivity contribution in [1.29, 1.82) is 0 Å². The first kappa shape index (κ1) is 19.5. The molecule has 0 aromatic heterocycles. The van der Waals surface area contributed by atoms with Crippen LogP contribution in [0.15, 0.2) is 24.3 Å². The maximum absolute atomic E-state index is 12.6. The zero-order valence-corrected chi connectivity index (χ0v) is 16.3. The standard InChI is InChI=1S/C21H32N2O2/c1-15(20(25)23(5)18-9-7-6-8-10-18)22-19(24)16-11-13-17(14-12-16)21(2,3)4/h11-15,18H,6-10H2,1-5H3,(H,22,24). The molecule has 1 atom stereocenters. The lowest BCUT2D eigenvalue weighted by Gasteiger charge is -2.33. The molecule has 0 saturated heterocycles. The molecule has 1 unspecified atom stereocenters. The summed E-state index contributed by atoms with van der Waals surface area (Å²) >= 11 is 0. The molecular weight excluding hydrogens is 312 g/mol. The van der Waals surface area contributed by atoms with Crippen LogP contribution in [0.2, 0.25) is 0 Å². The number of rotatable bonds is 4. The molecule has 138 valence electrons. The van der Waals surface area contributed by atoms with Crippen LogP contribution < -0.4 is 5.32 Å². The van der Waals surface area contributed by atoms with E-state index in [1.165, 1.54) is 24.8 Å². The van der Waals surface area contributed by atoms with Crippen molar-refractivity contribution in [2.24, 2.45) is 0 Å². The molecule has 1 saturated carbocycles. The zero-order chi connectivity index (χ0) is 18.6. The smallest absolute Gasteiger partial charge is 0.251 e. The van der Waals surface area contributed by atoms with Crippen LogP contribution in [0, 0.1) is 0 Å². The van der Waals surface area contributed by atoms with Crippen molar-refractivity contribution in [3.8, 4) is 0 Å². The van der Waals surface area contributed by atoms with Crippen LogP contribution in [-0.2, 0) is 10.2 Å². The number of carbonyl (C=O) groups is 2. The Bertz CT molecular complexity index is 595. The number of amides is 2. The van der Waals surface area contributed by atoms with Crippen LogP contribution >= 0.6 is 0 Å². The molecule has 1 aromatic carbocycles. The quantitative estimate of drug-likeness (QED) is 0.901. The van der Waals surface area contributed by atoms with Gasteiger partial charge in [0.15, 0.2) is 0 Å². The Hall–Kier alpha value is -1.84. The van der Waals surface area contributed by atoms with E-state index in [1.807, 2.05) is 36.2 Å². The van der Waals surface area contributed by atoms with Crippen LogP contribution in [0.3, 0.4) is 0 Å². The average Bonchev–Trinajstić information content (AvgIpc) is 2.60. The van der Waals surface area contributed by atoms with Crippen LogP contribution in [0.25, 0.3) is 0 Å². The highest BCUT2D eigenvalue weighted by atomic mass is 16.2. The first-order chi connectivity index (χ1) is 11.7. The van der Waals surface area contributed by atoms with Gasteiger partial charge in [0.05, 0.1) is 0 Å². The molecule has 0 heterocycles. The third-order valence-corrected chi connectivity index (χ3v) is 5.20. The second kappa shape index (κ2) is 8.03. The Kier molecular flexibility index (Phi) is 6.26. The number of carbonyl (C=O) groups excluding carboxylic acids is 2. The van der Waals surface area contributed by atoms with Crippen molar-refractivity contribution in [3.05, 3.63) is 35.4 Å². The Morgan fingerprint density at radius 1 is 1.08 bits per heavy atom. The van der Waals surface area contributed by atoms with E-state index in [9.17, 15) is 9.59 Å². The van der Waals surface area contributed by atoms with Gasteiger partial charge in [-0.25, -0.2) is 0 Å². The van der Waals surface area contributed by atoms with Crippen molar-refractivity contribution < 1.29 is 9.59 Å². The predicted molar refractivity (Wildman–Crippen MR) is 102 cm³/mol. The largest absolute Gasteiger partial charge is 0.341 e. The number of nitrogens with one attached hydrogen (secondary N) is 1. The van der Waals surface area contributed by atoms with Gasteiger partial charge in [-0.15, -0.1) is 0 Å². The van der Waals surface area contributed by atoms with Crippen molar-refractivity contribution in [3.63, 3.8) is 0 Å². The number of nitrogens with zero attached hydrogens (tertiary/aromatic N) is 1. The normalized spacial score (nSPS) is 17.0. The van der Waals surface area contributed by atoms with Gasteiger partial charge in [0, 0.05) is 18.7 Å². The first-order valence-corrected chi connectivity index (χ1v) is 9.38. The van der Waals surface area contributed by atoms with E-state index in [0.29, 0.717) is 11.6 Å². The lowest BCUT2D eigenvalue weighted by atomic mass is 9.86. The Morgan fingerprint density at radius 3 is 2.16 bits per heavy atom. The number of likely N-dealkylation sites (N-methyl/N-ethyl adjacent to an activating group) is 1. The highest BCUT2D eigenvalue weighted by Crippen LogP contribution is 2.23. The minimum atomic E-state index is -0.512. The zero-order valence-electron chi connectivity index (χ0n) is 16.3. The summed E-state index contributed by atoms with van der Waals surface area (Å²) in [4.78, 5) is 26.9. The van der Waals surface area contributed by atoms with E-state index >= 15 is 0 Å². The molecule has 4 heteroatoms. The third-order valence-electron chi connectivity index (χ3n) is 5.20. The molecule has 0 bridgehead atoms. The monoisotopic (exact) mass is 344 g/mol. The van der Waals surface area contributed by atoms with Crippen LogP contribution in [0.1, 0.15) is 75.7 Å². The molecule has 0 aliphatic heterocycles. The Morgan fingerprint density at radius 2 is 1.64 bits per heavy atom. The fourth-order valence-electron chi connectivity index (χ4n) is 3.42. The van der Waals surface area contributed by atoms with E-state index in [2.05, 4.69) is 26.1 Å². The van der Waals surface area contributed by atoms with Crippen molar-refractivity contribution >= 4 is 11.8 Å². The van der Waals surface area contributed by atoms with Gasteiger partial charge in [-0.1, -0.05) is 52.2 Å². The van der Waals surface area contributed by atoms with Crippen molar-refractivity contribution in [2.45, 2.75) is 77.3 Å². The minimum absolute atomic E-state index is 0.00781. The summed E-state index contributed by atoms with van der Waals surface area (Å²) < 4.78 is 0. The highest BCUT2D eigenvalue weighted by molar-refractivity contribution is 5.97. The van der Waals surface area contributed by atoms with Gasteiger partial charge in [-0.2, -0.15) is 0 Å². The SMILES string of the molecule is CC(NC(=O)c1ccc(C(C)(C)C)cc1)C(=O)N(C)C1CCCCC1.